The summed E-state index contributed by atoms with van der Waals surface area (Å²) in [5, 5.41) is 0. The lowest BCUT2D eigenvalue weighted by Crippen LogP contribution is -2.03. The highest BCUT2D eigenvalue weighted by Crippen LogP contribution is 2.24. The molecule has 1 aromatic rings. The van der Waals surface area contributed by atoms with Crippen LogP contribution in [0.2, 0.25) is 0 Å². The normalized spacial score (nSPS) is 16.3. The molecule has 0 atom stereocenters. The van der Waals surface area contributed by atoms with Gasteiger partial charge in [-0.1, -0.05) is 12.1 Å². The van der Waals surface area contributed by atoms with E-state index in [0.717, 1.165) is 12.8 Å². The number of aryl methyl sites for hydroxylation is 1. The van der Waals surface area contributed by atoms with E-state index in [4.69, 9.17) is 0 Å². The third-order valence-electron chi connectivity index (χ3n) is 2.82. The van der Waals surface area contributed by atoms with Crippen LogP contribution in [0.3, 0.4) is 0 Å². The Hall–Kier alpha value is -1.18. The molecule has 1 aliphatic rings. The summed E-state index contributed by atoms with van der Waals surface area (Å²) in [7, 11) is 0. The molecule has 0 radical (unpaired) electrons. The number of carbonyl (C=O) groups excluding carboxylic acids is 1. The van der Waals surface area contributed by atoms with Crippen molar-refractivity contribution in [2.45, 2.75) is 32.6 Å². The van der Waals surface area contributed by atoms with Crippen LogP contribution >= 0.6 is 0 Å². The zero-order chi connectivity index (χ0) is 10.1. The maximum Gasteiger partial charge on any atom is 0.163 e. The standard InChI is InChI=1S/C12H13FO/c1-8-6-7-9-10(12(8)13)4-2-3-5-11(9)14/h6-7H,2-5H2,1H3. The van der Waals surface area contributed by atoms with E-state index < -0.39 is 0 Å². The molecule has 1 aliphatic carbocycles. The zero-order valence-corrected chi connectivity index (χ0v) is 8.27. The predicted molar refractivity (Wildman–Crippen MR) is 53.0 cm³/mol. The molecule has 0 bridgehead atoms. The van der Waals surface area contributed by atoms with Gasteiger partial charge in [-0.05, 0) is 37.3 Å². The van der Waals surface area contributed by atoms with Gasteiger partial charge < -0.3 is 0 Å². The maximum atomic E-state index is 13.7. The molecule has 2 heteroatoms. The minimum Gasteiger partial charge on any atom is -0.294 e. The Morgan fingerprint density at radius 2 is 1.93 bits per heavy atom. The maximum absolute atomic E-state index is 13.7. The van der Waals surface area contributed by atoms with Crippen molar-refractivity contribution >= 4 is 5.78 Å². The van der Waals surface area contributed by atoms with Crippen molar-refractivity contribution in [1.82, 2.24) is 0 Å². The molecule has 1 aromatic carbocycles. The van der Waals surface area contributed by atoms with Crippen molar-refractivity contribution in [2.75, 3.05) is 0 Å². The second-order valence-corrected chi connectivity index (χ2v) is 3.85. The van der Waals surface area contributed by atoms with Gasteiger partial charge in [-0.3, -0.25) is 4.79 Å². The molecule has 0 aliphatic heterocycles. The first-order chi connectivity index (χ1) is 6.70. The van der Waals surface area contributed by atoms with Crippen molar-refractivity contribution in [3.63, 3.8) is 0 Å². The highest BCUT2D eigenvalue weighted by molar-refractivity contribution is 5.97. The number of rotatable bonds is 0. The van der Waals surface area contributed by atoms with E-state index in [2.05, 4.69) is 0 Å². The molecular formula is C12H13FO. The predicted octanol–water partition coefficient (Wildman–Crippen LogP) is 3.04. The molecule has 0 aromatic heterocycles. The lowest BCUT2D eigenvalue weighted by atomic mass is 9.99. The Morgan fingerprint density at radius 1 is 1.21 bits per heavy atom. The highest BCUT2D eigenvalue weighted by Gasteiger charge is 2.19. The van der Waals surface area contributed by atoms with Crippen LogP contribution in [0.15, 0.2) is 12.1 Å². The van der Waals surface area contributed by atoms with Gasteiger partial charge in [0.15, 0.2) is 5.78 Å². The van der Waals surface area contributed by atoms with Gasteiger partial charge in [-0.2, -0.15) is 0 Å². The van der Waals surface area contributed by atoms with Crippen molar-refractivity contribution in [3.05, 3.63) is 34.6 Å². The summed E-state index contributed by atoms with van der Waals surface area (Å²) < 4.78 is 13.7. The highest BCUT2D eigenvalue weighted by atomic mass is 19.1. The van der Waals surface area contributed by atoms with E-state index in [0.29, 0.717) is 29.5 Å². The minimum atomic E-state index is -0.183. The lowest BCUT2D eigenvalue weighted by molar-refractivity contribution is 0.0981. The van der Waals surface area contributed by atoms with E-state index in [-0.39, 0.29) is 11.6 Å². The van der Waals surface area contributed by atoms with Crippen molar-refractivity contribution < 1.29 is 9.18 Å². The molecule has 1 nitrogen and oxygen atoms in total. The molecule has 0 N–H and O–H groups in total. The van der Waals surface area contributed by atoms with Gasteiger partial charge >= 0.3 is 0 Å². The fraction of sp³-hybridized carbons (Fsp3) is 0.417. The molecule has 14 heavy (non-hydrogen) atoms. The van der Waals surface area contributed by atoms with Crippen molar-refractivity contribution in [1.29, 1.82) is 0 Å². The first-order valence-electron chi connectivity index (χ1n) is 5.01. The second-order valence-electron chi connectivity index (χ2n) is 3.85. The number of fused-ring (bicyclic) bond motifs is 1. The average molecular weight is 192 g/mol. The number of ketones is 1. The van der Waals surface area contributed by atoms with Gasteiger partial charge in [0.25, 0.3) is 0 Å². The topological polar surface area (TPSA) is 17.1 Å². The van der Waals surface area contributed by atoms with E-state index in [1.165, 1.54) is 0 Å². The third kappa shape index (κ3) is 1.45. The molecule has 0 amide bonds. The number of hydrogen-bond acceptors (Lipinski definition) is 1. The molecule has 0 unspecified atom stereocenters. The lowest BCUT2D eigenvalue weighted by Gasteiger charge is -2.07. The first kappa shape index (κ1) is 9.38. The molecule has 0 spiro atoms. The largest absolute Gasteiger partial charge is 0.294 e. The number of hydrogen-bond donors (Lipinski definition) is 0. The van der Waals surface area contributed by atoms with Crippen molar-refractivity contribution in [3.8, 4) is 0 Å². The fourth-order valence-corrected chi connectivity index (χ4v) is 1.97. The summed E-state index contributed by atoms with van der Waals surface area (Å²) in [6.07, 6.45) is 3.06. The van der Waals surface area contributed by atoms with E-state index in [9.17, 15) is 9.18 Å². The Kier molecular flexibility index (Phi) is 2.36. The quantitative estimate of drug-likeness (QED) is 0.577. The van der Waals surface area contributed by atoms with Crippen molar-refractivity contribution in [2.24, 2.45) is 0 Å². The fourth-order valence-electron chi connectivity index (χ4n) is 1.97. The van der Waals surface area contributed by atoms with E-state index in [1.807, 2.05) is 0 Å². The molecular weight excluding hydrogens is 179 g/mol. The number of halogens is 1. The Morgan fingerprint density at radius 3 is 2.71 bits per heavy atom. The first-order valence-corrected chi connectivity index (χ1v) is 5.01. The third-order valence-corrected chi connectivity index (χ3v) is 2.82. The van der Waals surface area contributed by atoms with Crippen LogP contribution in [0.25, 0.3) is 0 Å². The SMILES string of the molecule is Cc1ccc2c(c1F)CCCCC2=O. The van der Waals surface area contributed by atoms with Crippen LogP contribution in [0.5, 0.6) is 0 Å². The van der Waals surface area contributed by atoms with Gasteiger partial charge in [0, 0.05) is 12.0 Å². The minimum absolute atomic E-state index is 0.0939. The van der Waals surface area contributed by atoms with Crippen LogP contribution in [0.1, 0.15) is 40.7 Å². The zero-order valence-electron chi connectivity index (χ0n) is 8.27. The summed E-state index contributed by atoms with van der Waals surface area (Å²) in [5.41, 5.74) is 1.87. The number of benzene rings is 1. The summed E-state index contributed by atoms with van der Waals surface area (Å²) in [6, 6.07) is 3.46. The monoisotopic (exact) mass is 192 g/mol. The van der Waals surface area contributed by atoms with Gasteiger partial charge in [0.1, 0.15) is 5.82 Å². The number of Topliss-reactive ketones (excluding diaryl/α,β-unsaturated/α-hetero) is 1. The van der Waals surface area contributed by atoms with Gasteiger partial charge in [0.2, 0.25) is 0 Å². The van der Waals surface area contributed by atoms with Crippen LogP contribution < -0.4 is 0 Å². The Bertz CT molecular complexity index is 382. The summed E-state index contributed by atoms with van der Waals surface area (Å²) >= 11 is 0. The number of carbonyl (C=O) groups is 1. The summed E-state index contributed by atoms with van der Waals surface area (Å²) in [4.78, 5) is 11.6. The summed E-state index contributed by atoms with van der Waals surface area (Å²) in [5.74, 6) is -0.0887. The van der Waals surface area contributed by atoms with Gasteiger partial charge in [-0.15, -0.1) is 0 Å². The second kappa shape index (κ2) is 3.52. The average Bonchev–Trinajstić information content (AvgIpc) is 2.35. The van der Waals surface area contributed by atoms with Crippen LogP contribution in [0, 0.1) is 12.7 Å². The molecule has 0 heterocycles. The van der Waals surface area contributed by atoms with Crippen LogP contribution in [-0.4, -0.2) is 5.78 Å². The molecule has 0 fully saturated rings. The molecule has 0 saturated carbocycles. The van der Waals surface area contributed by atoms with Gasteiger partial charge in [-0.25, -0.2) is 4.39 Å². The Balaban J connectivity index is 2.58. The summed E-state index contributed by atoms with van der Waals surface area (Å²) in [6.45, 7) is 1.74. The Labute approximate surface area is 82.9 Å². The van der Waals surface area contributed by atoms with Crippen LogP contribution in [-0.2, 0) is 6.42 Å². The van der Waals surface area contributed by atoms with E-state index in [1.54, 1.807) is 19.1 Å². The van der Waals surface area contributed by atoms with E-state index >= 15 is 0 Å². The smallest absolute Gasteiger partial charge is 0.163 e. The van der Waals surface area contributed by atoms with Gasteiger partial charge in [0.05, 0.1) is 0 Å². The molecule has 2 rings (SSSR count). The molecule has 74 valence electrons. The molecule has 0 saturated heterocycles. The van der Waals surface area contributed by atoms with Crippen LogP contribution in [0.4, 0.5) is 4.39 Å².